The predicted molar refractivity (Wildman–Crippen MR) is 112 cm³/mol. The molecule has 0 fully saturated rings. The fourth-order valence-corrected chi connectivity index (χ4v) is 4.83. The second-order valence-electron chi connectivity index (χ2n) is 6.87. The van der Waals surface area contributed by atoms with Crippen molar-refractivity contribution in [2.24, 2.45) is 0 Å². The minimum absolute atomic E-state index is 0.0371. The van der Waals surface area contributed by atoms with Gasteiger partial charge in [-0.3, -0.25) is 9.69 Å². The first-order valence-corrected chi connectivity index (χ1v) is 9.97. The van der Waals surface area contributed by atoms with E-state index < -0.39 is 0 Å². The summed E-state index contributed by atoms with van der Waals surface area (Å²) in [5, 5.41) is 1.70. The molecule has 0 bridgehead atoms. The zero-order valence-corrected chi connectivity index (χ0v) is 15.6. The lowest BCUT2D eigenvalue weighted by Crippen LogP contribution is -2.29. The van der Waals surface area contributed by atoms with E-state index in [1.54, 1.807) is 11.3 Å². The van der Waals surface area contributed by atoms with E-state index in [1.165, 1.54) is 11.1 Å². The SMILES string of the molecule is O=c1[nH]c(CN2CC=C(c3ccccc3)CC2)nc2sc3ccccc3c12. The van der Waals surface area contributed by atoms with Crippen LogP contribution in [0, 0.1) is 0 Å². The number of rotatable bonds is 3. The summed E-state index contributed by atoms with van der Waals surface area (Å²) < 4.78 is 1.11. The first-order chi connectivity index (χ1) is 13.3. The molecule has 0 unspecified atom stereocenters. The number of nitrogens with one attached hydrogen (secondary N) is 1. The number of fused-ring (bicyclic) bond motifs is 3. The molecule has 0 saturated carbocycles. The molecule has 2 aromatic heterocycles. The summed E-state index contributed by atoms with van der Waals surface area (Å²) in [6.07, 6.45) is 3.30. The highest BCUT2D eigenvalue weighted by atomic mass is 32.1. The highest BCUT2D eigenvalue weighted by Gasteiger charge is 2.16. The van der Waals surface area contributed by atoms with Crippen molar-refractivity contribution < 1.29 is 0 Å². The number of hydrogen-bond donors (Lipinski definition) is 1. The van der Waals surface area contributed by atoms with Gasteiger partial charge < -0.3 is 4.98 Å². The Kier molecular flexibility index (Phi) is 4.11. The van der Waals surface area contributed by atoms with Crippen LogP contribution in [0.4, 0.5) is 0 Å². The van der Waals surface area contributed by atoms with Crippen molar-refractivity contribution in [1.82, 2.24) is 14.9 Å². The van der Waals surface area contributed by atoms with Gasteiger partial charge in [0, 0.05) is 23.2 Å². The Hall–Kier alpha value is -2.76. The lowest BCUT2D eigenvalue weighted by molar-refractivity contribution is 0.286. The first kappa shape index (κ1) is 16.4. The van der Waals surface area contributed by atoms with E-state index in [-0.39, 0.29) is 5.56 Å². The Bertz CT molecular complexity index is 1210. The topological polar surface area (TPSA) is 49.0 Å². The number of hydrogen-bond acceptors (Lipinski definition) is 4. The van der Waals surface area contributed by atoms with Crippen molar-refractivity contribution in [2.45, 2.75) is 13.0 Å². The summed E-state index contributed by atoms with van der Waals surface area (Å²) in [5.74, 6) is 0.746. The van der Waals surface area contributed by atoms with Gasteiger partial charge in [0.05, 0.1) is 11.9 Å². The van der Waals surface area contributed by atoms with Crippen LogP contribution in [0.3, 0.4) is 0 Å². The Morgan fingerprint density at radius 1 is 1.07 bits per heavy atom. The van der Waals surface area contributed by atoms with E-state index in [0.717, 1.165) is 40.3 Å². The van der Waals surface area contributed by atoms with E-state index in [9.17, 15) is 4.79 Å². The molecule has 4 nitrogen and oxygen atoms in total. The molecule has 3 heterocycles. The van der Waals surface area contributed by atoms with Crippen LogP contribution in [0.5, 0.6) is 0 Å². The molecule has 5 heteroatoms. The summed E-state index contributed by atoms with van der Waals surface area (Å²) in [6, 6.07) is 18.5. The minimum Gasteiger partial charge on any atom is -0.309 e. The second kappa shape index (κ2) is 6.76. The van der Waals surface area contributed by atoms with Crippen molar-refractivity contribution >= 4 is 37.2 Å². The average molecular weight is 373 g/mol. The standard InChI is InChI=1S/C22H19N3OS/c26-21-20-17-8-4-5-9-18(17)27-22(20)24-19(23-21)14-25-12-10-16(11-13-25)15-6-2-1-3-7-15/h1-10H,11-14H2,(H,23,24,26). The normalized spacial score (nSPS) is 15.3. The van der Waals surface area contributed by atoms with Gasteiger partial charge in [-0.1, -0.05) is 54.6 Å². The third kappa shape index (κ3) is 3.09. The van der Waals surface area contributed by atoms with Gasteiger partial charge in [0.2, 0.25) is 0 Å². The molecule has 1 aliphatic rings. The molecular formula is C22H19N3OS. The van der Waals surface area contributed by atoms with Crippen molar-refractivity contribution in [2.75, 3.05) is 13.1 Å². The zero-order valence-electron chi connectivity index (χ0n) is 14.8. The van der Waals surface area contributed by atoms with Crippen molar-refractivity contribution in [3.8, 4) is 0 Å². The van der Waals surface area contributed by atoms with Crippen molar-refractivity contribution in [1.29, 1.82) is 0 Å². The highest BCUT2D eigenvalue weighted by Crippen LogP contribution is 2.30. The van der Waals surface area contributed by atoms with Gasteiger partial charge in [0.25, 0.3) is 5.56 Å². The molecule has 0 amide bonds. The van der Waals surface area contributed by atoms with Gasteiger partial charge in [0.15, 0.2) is 0 Å². The third-order valence-corrected chi connectivity index (χ3v) is 6.17. The van der Waals surface area contributed by atoms with Crippen LogP contribution in [0.15, 0.2) is 65.5 Å². The van der Waals surface area contributed by atoms with Crippen LogP contribution in [0.2, 0.25) is 0 Å². The van der Waals surface area contributed by atoms with Crippen LogP contribution in [-0.4, -0.2) is 28.0 Å². The molecule has 1 aliphatic heterocycles. The first-order valence-electron chi connectivity index (χ1n) is 9.15. The number of aromatic nitrogens is 2. The number of nitrogens with zero attached hydrogens (tertiary/aromatic N) is 2. The monoisotopic (exact) mass is 373 g/mol. The van der Waals surface area contributed by atoms with Crippen LogP contribution in [0.25, 0.3) is 25.9 Å². The van der Waals surface area contributed by atoms with E-state index >= 15 is 0 Å². The third-order valence-electron chi connectivity index (χ3n) is 5.11. The van der Waals surface area contributed by atoms with Crippen LogP contribution >= 0.6 is 11.3 Å². The van der Waals surface area contributed by atoms with Gasteiger partial charge in [0.1, 0.15) is 10.7 Å². The molecular weight excluding hydrogens is 354 g/mol. The lowest BCUT2D eigenvalue weighted by Gasteiger charge is -2.25. The Morgan fingerprint density at radius 3 is 2.70 bits per heavy atom. The predicted octanol–water partition coefficient (Wildman–Crippen LogP) is 4.43. The molecule has 0 saturated heterocycles. The molecule has 0 atom stereocenters. The zero-order chi connectivity index (χ0) is 18.2. The second-order valence-corrected chi connectivity index (χ2v) is 7.90. The number of H-pyrrole nitrogens is 1. The van der Waals surface area contributed by atoms with Crippen LogP contribution in [0.1, 0.15) is 17.8 Å². The molecule has 0 aliphatic carbocycles. The highest BCUT2D eigenvalue weighted by molar-refractivity contribution is 7.25. The van der Waals surface area contributed by atoms with E-state index in [1.807, 2.05) is 30.3 Å². The van der Waals surface area contributed by atoms with E-state index in [2.05, 4.69) is 40.2 Å². The van der Waals surface area contributed by atoms with Crippen LogP contribution in [-0.2, 0) is 6.54 Å². The fourth-order valence-electron chi connectivity index (χ4n) is 3.73. The Balaban J connectivity index is 1.40. The van der Waals surface area contributed by atoms with Gasteiger partial charge in [-0.25, -0.2) is 4.98 Å². The maximum absolute atomic E-state index is 12.6. The average Bonchev–Trinajstić information content (AvgIpc) is 3.08. The smallest absolute Gasteiger partial charge is 0.260 e. The molecule has 134 valence electrons. The van der Waals surface area contributed by atoms with Gasteiger partial charge in [-0.2, -0.15) is 0 Å². The van der Waals surface area contributed by atoms with Gasteiger partial charge in [-0.15, -0.1) is 11.3 Å². The summed E-state index contributed by atoms with van der Waals surface area (Å²) in [5.41, 5.74) is 2.66. The van der Waals surface area contributed by atoms with E-state index in [4.69, 9.17) is 4.98 Å². The molecule has 0 radical (unpaired) electrons. The summed E-state index contributed by atoms with van der Waals surface area (Å²) in [6.45, 7) is 2.51. The van der Waals surface area contributed by atoms with Gasteiger partial charge in [-0.05, 0) is 23.6 Å². The molecule has 1 N–H and O–H groups in total. The number of benzene rings is 2. The quantitative estimate of drug-likeness (QED) is 0.578. The molecule has 5 rings (SSSR count). The number of aromatic amines is 1. The molecule has 27 heavy (non-hydrogen) atoms. The maximum atomic E-state index is 12.6. The molecule has 0 spiro atoms. The Labute approximate surface area is 160 Å². The van der Waals surface area contributed by atoms with Crippen LogP contribution < -0.4 is 5.56 Å². The minimum atomic E-state index is -0.0371. The van der Waals surface area contributed by atoms with Crippen molar-refractivity contribution in [3.63, 3.8) is 0 Å². The fraction of sp³-hybridized carbons (Fsp3) is 0.182. The summed E-state index contributed by atoms with van der Waals surface area (Å²) in [4.78, 5) is 23.5. The van der Waals surface area contributed by atoms with E-state index in [0.29, 0.717) is 11.9 Å². The Morgan fingerprint density at radius 2 is 1.89 bits per heavy atom. The summed E-state index contributed by atoms with van der Waals surface area (Å²) >= 11 is 1.59. The van der Waals surface area contributed by atoms with Crippen molar-refractivity contribution in [3.05, 3.63) is 82.4 Å². The lowest BCUT2D eigenvalue weighted by atomic mass is 10.00. The molecule has 4 aromatic rings. The largest absolute Gasteiger partial charge is 0.309 e. The summed E-state index contributed by atoms with van der Waals surface area (Å²) in [7, 11) is 0. The number of thiophene rings is 1. The maximum Gasteiger partial charge on any atom is 0.260 e. The molecule has 2 aromatic carbocycles. The van der Waals surface area contributed by atoms with Gasteiger partial charge >= 0.3 is 0 Å².